The molecular weight excluding hydrogens is 266 g/mol. The third-order valence-electron chi connectivity index (χ3n) is 2.61. The van der Waals surface area contributed by atoms with E-state index >= 15 is 0 Å². The minimum Gasteiger partial charge on any atom is -0.465 e. The summed E-state index contributed by atoms with van der Waals surface area (Å²) in [5.41, 5.74) is 0.736. The van der Waals surface area contributed by atoms with Crippen LogP contribution in [-0.4, -0.2) is 13.1 Å². The number of halogens is 2. The summed E-state index contributed by atoms with van der Waals surface area (Å²) in [5.74, 6) is -1.95. The number of hydrogen-bond acceptors (Lipinski definition) is 3. The molecule has 2 aromatic carbocycles. The van der Waals surface area contributed by atoms with Crippen LogP contribution in [0.5, 0.6) is 11.5 Å². The van der Waals surface area contributed by atoms with E-state index in [2.05, 4.69) is 4.74 Å². The van der Waals surface area contributed by atoms with Crippen molar-refractivity contribution in [2.75, 3.05) is 7.11 Å². The SMILES string of the molecule is COC(=O)c1cc(F)cc(Oc2ccc(C)cc2F)c1. The van der Waals surface area contributed by atoms with Gasteiger partial charge in [0.2, 0.25) is 0 Å². The molecule has 0 amide bonds. The lowest BCUT2D eigenvalue weighted by atomic mass is 10.2. The monoisotopic (exact) mass is 278 g/mol. The summed E-state index contributed by atoms with van der Waals surface area (Å²) in [6, 6.07) is 7.77. The first kappa shape index (κ1) is 14.0. The van der Waals surface area contributed by atoms with Crippen molar-refractivity contribution in [3.63, 3.8) is 0 Å². The van der Waals surface area contributed by atoms with Gasteiger partial charge < -0.3 is 9.47 Å². The van der Waals surface area contributed by atoms with E-state index in [-0.39, 0.29) is 17.1 Å². The molecule has 0 aromatic heterocycles. The molecule has 3 nitrogen and oxygen atoms in total. The first-order valence-corrected chi connectivity index (χ1v) is 5.82. The molecule has 0 saturated carbocycles. The lowest BCUT2D eigenvalue weighted by Gasteiger charge is -2.09. The maximum atomic E-state index is 13.7. The first-order chi connectivity index (χ1) is 9.49. The first-order valence-electron chi connectivity index (χ1n) is 5.82. The fourth-order valence-corrected chi connectivity index (χ4v) is 1.67. The summed E-state index contributed by atoms with van der Waals surface area (Å²) in [7, 11) is 1.19. The van der Waals surface area contributed by atoms with Gasteiger partial charge in [0.15, 0.2) is 11.6 Å². The number of rotatable bonds is 3. The molecule has 104 valence electrons. The zero-order valence-electron chi connectivity index (χ0n) is 10.9. The van der Waals surface area contributed by atoms with Crippen LogP contribution in [0.15, 0.2) is 36.4 Å². The van der Waals surface area contributed by atoms with E-state index in [4.69, 9.17) is 4.74 Å². The molecule has 0 spiro atoms. The van der Waals surface area contributed by atoms with Gasteiger partial charge in [0.05, 0.1) is 12.7 Å². The molecule has 0 saturated heterocycles. The van der Waals surface area contributed by atoms with Gasteiger partial charge in [-0.05, 0) is 36.8 Å². The smallest absolute Gasteiger partial charge is 0.338 e. The molecule has 2 rings (SSSR count). The van der Waals surface area contributed by atoms with E-state index in [1.807, 2.05) is 0 Å². The second-order valence-corrected chi connectivity index (χ2v) is 4.20. The number of hydrogen-bond donors (Lipinski definition) is 0. The van der Waals surface area contributed by atoms with Crippen molar-refractivity contribution in [3.05, 3.63) is 59.2 Å². The summed E-state index contributed by atoms with van der Waals surface area (Å²) in [4.78, 5) is 11.4. The van der Waals surface area contributed by atoms with E-state index in [0.29, 0.717) is 0 Å². The molecule has 0 bridgehead atoms. The van der Waals surface area contributed by atoms with Gasteiger partial charge in [-0.1, -0.05) is 6.07 Å². The summed E-state index contributed by atoms with van der Waals surface area (Å²) in [5, 5.41) is 0. The van der Waals surface area contributed by atoms with E-state index < -0.39 is 17.6 Å². The lowest BCUT2D eigenvalue weighted by molar-refractivity contribution is 0.0600. The third-order valence-corrected chi connectivity index (χ3v) is 2.61. The minimum absolute atomic E-state index is 0.00461. The molecule has 2 aromatic rings. The fraction of sp³-hybridized carbons (Fsp3) is 0.133. The van der Waals surface area contributed by atoms with Gasteiger partial charge in [0.1, 0.15) is 11.6 Å². The van der Waals surface area contributed by atoms with Crippen LogP contribution in [0.25, 0.3) is 0 Å². The molecule has 0 fully saturated rings. The van der Waals surface area contributed by atoms with Crippen LogP contribution < -0.4 is 4.74 Å². The van der Waals surface area contributed by atoms with Crippen molar-refractivity contribution in [2.45, 2.75) is 6.92 Å². The summed E-state index contributed by atoms with van der Waals surface area (Å²) in [6.07, 6.45) is 0. The van der Waals surface area contributed by atoms with E-state index in [0.717, 1.165) is 17.7 Å². The van der Waals surface area contributed by atoms with Crippen molar-refractivity contribution in [1.29, 1.82) is 0 Å². The number of benzene rings is 2. The minimum atomic E-state index is -0.696. The molecule has 5 heteroatoms. The van der Waals surface area contributed by atoms with E-state index in [1.165, 1.54) is 25.3 Å². The second kappa shape index (κ2) is 5.69. The Balaban J connectivity index is 2.33. The van der Waals surface area contributed by atoms with Crippen LogP contribution in [0.3, 0.4) is 0 Å². The molecule has 0 aliphatic rings. The summed E-state index contributed by atoms with van der Waals surface area (Å²) < 4.78 is 36.8. The molecule has 0 atom stereocenters. The molecule has 0 N–H and O–H groups in total. The van der Waals surface area contributed by atoms with Gasteiger partial charge >= 0.3 is 5.97 Å². The standard InChI is InChI=1S/C15H12F2O3/c1-9-3-4-14(13(17)5-9)20-12-7-10(15(18)19-2)6-11(16)8-12/h3-8H,1-2H3. The van der Waals surface area contributed by atoms with Gasteiger partial charge in [0.25, 0.3) is 0 Å². The highest BCUT2D eigenvalue weighted by atomic mass is 19.1. The van der Waals surface area contributed by atoms with Gasteiger partial charge in [-0.2, -0.15) is 0 Å². The maximum Gasteiger partial charge on any atom is 0.338 e. The predicted molar refractivity (Wildman–Crippen MR) is 69.0 cm³/mol. The number of carbonyl (C=O) groups excluding carboxylic acids is 1. The fourth-order valence-electron chi connectivity index (χ4n) is 1.67. The van der Waals surface area contributed by atoms with Crippen LogP contribution >= 0.6 is 0 Å². The average molecular weight is 278 g/mol. The van der Waals surface area contributed by atoms with E-state index in [9.17, 15) is 13.6 Å². The maximum absolute atomic E-state index is 13.7. The number of carbonyl (C=O) groups is 1. The largest absolute Gasteiger partial charge is 0.465 e. The van der Waals surface area contributed by atoms with Crippen LogP contribution in [0.4, 0.5) is 8.78 Å². The van der Waals surface area contributed by atoms with Crippen LogP contribution in [0.2, 0.25) is 0 Å². The predicted octanol–water partition coefficient (Wildman–Crippen LogP) is 3.85. The van der Waals surface area contributed by atoms with Crippen molar-refractivity contribution in [3.8, 4) is 11.5 Å². The molecule has 0 aliphatic heterocycles. The highest BCUT2D eigenvalue weighted by molar-refractivity contribution is 5.89. The van der Waals surface area contributed by atoms with Crippen molar-refractivity contribution in [2.24, 2.45) is 0 Å². The van der Waals surface area contributed by atoms with Crippen LogP contribution in [0.1, 0.15) is 15.9 Å². The number of aryl methyl sites for hydroxylation is 1. The Hall–Kier alpha value is -2.43. The lowest BCUT2D eigenvalue weighted by Crippen LogP contribution is -2.02. The molecule has 0 radical (unpaired) electrons. The molecule has 0 aliphatic carbocycles. The Morgan fingerprint density at radius 1 is 1.10 bits per heavy atom. The van der Waals surface area contributed by atoms with Crippen molar-refractivity contribution >= 4 is 5.97 Å². The Bertz CT molecular complexity index is 654. The second-order valence-electron chi connectivity index (χ2n) is 4.20. The van der Waals surface area contributed by atoms with Gasteiger partial charge in [-0.25, -0.2) is 13.6 Å². The number of esters is 1. The Kier molecular flexibility index (Phi) is 3.98. The third kappa shape index (κ3) is 3.12. The summed E-state index contributed by atoms with van der Waals surface area (Å²) >= 11 is 0. The normalized spacial score (nSPS) is 10.2. The topological polar surface area (TPSA) is 35.5 Å². The van der Waals surface area contributed by atoms with Crippen LogP contribution in [-0.2, 0) is 4.74 Å². The Labute approximate surface area is 114 Å². The van der Waals surface area contributed by atoms with E-state index in [1.54, 1.807) is 13.0 Å². The highest BCUT2D eigenvalue weighted by Crippen LogP contribution is 2.26. The molecular formula is C15H12F2O3. The van der Waals surface area contributed by atoms with Gasteiger partial charge in [0, 0.05) is 6.07 Å². The average Bonchev–Trinajstić information content (AvgIpc) is 2.40. The van der Waals surface area contributed by atoms with Crippen molar-refractivity contribution in [1.82, 2.24) is 0 Å². The Morgan fingerprint density at radius 3 is 2.50 bits per heavy atom. The molecule has 0 heterocycles. The van der Waals surface area contributed by atoms with Gasteiger partial charge in [-0.3, -0.25) is 0 Å². The number of ether oxygens (including phenoxy) is 2. The summed E-state index contributed by atoms with van der Waals surface area (Å²) in [6.45, 7) is 1.74. The zero-order valence-corrected chi connectivity index (χ0v) is 10.9. The van der Waals surface area contributed by atoms with Gasteiger partial charge in [-0.15, -0.1) is 0 Å². The molecule has 0 unspecified atom stereocenters. The molecule has 20 heavy (non-hydrogen) atoms. The Morgan fingerprint density at radius 2 is 1.85 bits per heavy atom. The quantitative estimate of drug-likeness (QED) is 0.800. The highest BCUT2D eigenvalue weighted by Gasteiger charge is 2.11. The van der Waals surface area contributed by atoms with Crippen molar-refractivity contribution < 1.29 is 23.0 Å². The number of methoxy groups -OCH3 is 1. The zero-order chi connectivity index (χ0) is 14.7. The van der Waals surface area contributed by atoms with Crippen LogP contribution in [0, 0.1) is 18.6 Å².